The fraction of sp³-hybridized carbons (Fsp3) is 0.667. The number of aromatic nitrogens is 2. The van der Waals surface area contributed by atoms with E-state index in [0.717, 1.165) is 22.4 Å². The highest BCUT2D eigenvalue weighted by atomic mass is 127. The van der Waals surface area contributed by atoms with Crippen LogP contribution < -0.4 is 0 Å². The molecule has 6 heteroatoms. The molecule has 1 fully saturated rings. The molecule has 0 aliphatic carbocycles. The van der Waals surface area contributed by atoms with Crippen LogP contribution in [-0.2, 0) is 5.54 Å². The molecule has 1 aromatic rings. The number of carboxylic acid groups (broad SMARTS) is 1. The predicted octanol–water partition coefficient (Wildman–Crippen LogP) is 3.03. The summed E-state index contributed by atoms with van der Waals surface area (Å²) in [7, 11) is 0. The molecule has 1 aliphatic heterocycles. The van der Waals surface area contributed by atoms with Gasteiger partial charge in [0.2, 0.25) is 0 Å². The van der Waals surface area contributed by atoms with Crippen molar-refractivity contribution in [2.24, 2.45) is 5.41 Å². The van der Waals surface area contributed by atoms with Crippen LogP contribution in [0.25, 0.3) is 0 Å². The first-order chi connectivity index (χ1) is 8.29. The summed E-state index contributed by atoms with van der Waals surface area (Å²) in [4.78, 5) is 20.7. The number of nitrogens with one attached hydrogen (secondary N) is 1. The van der Waals surface area contributed by atoms with Crippen molar-refractivity contribution in [3.63, 3.8) is 0 Å². The Kier molecular flexibility index (Phi) is 3.33. The molecule has 0 radical (unpaired) electrons. The maximum atomic E-state index is 11.5. The topological polar surface area (TPSA) is 69.2 Å². The van der Waals surface area contributed by atoms with E-state index in [0.29, 0.717) is 6.54 Å². The number of imidazole rings is 1. The summed E-state index contributed by atoms with van der Waals surface area (Å²) >= 11 is 2.16. The Morgan fingerprint density at radius 2 is 2.28 bits per heavy atom. The molecule has 1 atom stereocenters. The third-order valence-electron chi connectivity index (χ3n) is 3.79. The molecule has 18 heavy (non-hydrogen) atoms. The summed E-state index contributed by atoms with van der Waals surface area (Å²) in [5, 5.41) is 9.46. The molecular weight excluding hydrogens is 345 g/mol. The van der Waals surface area contributed by atoms with Gasteiger partial charge in [-0.1, -0.05) is 20.8 Å². The fourth-order valence-corrected chi connectivity index (χ4v) is 3.36. The first-order valence-electron chi connectivity index (χ1n) is 6.00. The number of hydrogen-bond acceptors (Lipinski definition) is 2. The third-order valence-corrected chi connectivity index (χ3v) is 4.34. The zero-order valence-electron chi connectivity index (χ0n) is 10.8. The van der Waals surface area contributed by atoms with E-state index in [1.807, 2.05) is 0 Å². The Morgan fingerprint density at radius 3 is 2.72 bits per heavy atom. The van der Waals surface area contributed by atoms with E-state index in [1.54, 1.807) is 11.1 Å². The Bertz CT molecular complexity index is 466. The van der Waals surface area contributed by atoms with E-state index in [-0.39, 0.29) is 5.41 Å². The van der Waals surface area contributed by atoms with Crippen molar-refractivity contribution >= 4 is 28.7 Å². The molecule has 1 saturated heterocycles. The van der Waals surface area contributed by atoms with Crippen LogP contribution in [0.1, 0.15) is 39.4 Å². The Labute approximate surface area is 120 Å². The lowest BCUT2D eigenvalue weighted by molar-refractivity contribution is 0.0216. The molecule has 5 nitrogen and oxygen atoms in total. The average molecular weight is 363 g/mol. The van der Waals surface area contributed by atoms with Gasteiger partial charge in [0, 0.05) is 6.54 Å². The lowest BCUT2D eigenvalue weighted by Crippen LogP contribution is -2.53. The first-order valence-corrected chi connectivity index (χ1v) is 7.08. The predicted molar refractivity (Wildman–Crippen MR) is 76.4 cm³/mol. The van der Waals surface area contributed by atoms with Crippen LogP contribution in [0.5, 0.6) is 0 Å². The summed E-state index contributed by atoms with van der Waals surface area (Å²) in [6.07, 6.45) is 2.57. The number of likely N-dealkylation sites (tertiary alicyclic amines) is 1. The van der Waals surface area contributed by atoms with Crippen molar-refractivity contribution in [1.29, 1.82) is 0 Å². The second-order valence-electron chi connectivity index (χ2n) is 5.73. The van der Waals surface area contributed by atoms with Gasteiger partial charge < -0.3 is 10.1 Å². The van der Waals surface area contributed by atoms with Gasteiger partial charge in [0.05, 0.1) is 9.90 Å². The highest BCUT2D eigenvalue weighted by molar-refractivity contribution is 14.1. The summed E-state index contributed by atoms with van der Waals surface area (Å²) in [5.74, 6) is 0.763. The van der Waals surface area contributed by atoms with E-state index in [1.165, 1.54) is 0 Å². The summed E-state index contributed by atoms with van der Waals surface area (Å²) in [6, 6.07) is 0. The molecule has 2 rings (SSSR count). The number of halogens is 1. The van der Waals surface area contributed by atoms with Crippen LogP contribution in [0.4, 0.5) is 4.79 Å². The van der Waals surface area contributed by atoms with E-state index < -0.39 is 11.6 Å². The molecule has 0 spiro atoms. The maximum Gasteiger partial charge on any atom is 0.408 e. The van der Waals surface area contributed by atoms with Gasteiger partial charge in [0.1, 0.15) is 11.4 Å². The van der Waals surface area contributed by atoms with Crippen LogP contribution in [0.3, 0.4) is 0 Å². The highest BCUT2D eigenvalue weighted by Gasteiger charge is 2.54. The third kappa shape index (κ3) is 1.90. The number of hydrogen-bond donors (Lipinski definition) is 2. The number of nitrogens with zero attached hydrogens (tertiary/aromatic N) is 2. The van der Waals surface area contributed by atoms with Gasteiger partial charge in [-0.05, 0) is 40.8 Å². The van der Waals surface area contributed by atoms with E-state index >= 15 is 0 Å². The Balaban J connectivity index is 2.58. The minimum absolute atomic E-state index is 0.206. The van der Waals surface area contributed by atoms with Crippen LogP contribution in [-0.4, -0.2) is 32.6 Å². The van der Waals surface area contributed by atoms with Gasteiger partial charge in [-0.25, -0.2) is 9.78 Å². The molecule has 0 unspecified atom stereocenters. The number of amides is 1. The Morgan fingerprint density at radius 1 is 1.61 bits per heavy atom. The lowest BCUT2D eigenvalue weighted by Gasteiger charge is -2.45. The summed E-state index contributed by atoms with van der Waals surface area (Å²) in [6.45, 7) is 6.79. The van der Waals surface area contributed by atoms with Crippen molar-refractivity contribution in [3.8, 4) is 0 Å². The molecule has 1 aromatic heterocycles. The van der Waals surface area contributed by atoms with Gasteiger partial charge >= 0.3 is 6.09 Å². The van der Waals surface area contributed by atoms with Crippen molar-refractivity contribution in [2.75, 3.05) is 6.54 Å². The fourth-order valence-electron chi connectivity index (χ4n) is 2.97. The maximum absolute atomic E-state index is 11.5. The molecule has 0 aromatic carbocycles. The van der Waals surface area contributed by atoms with E-state index in [9.17, 15) is 9.90 Å². The average Bonchev–Trinajstić information content (AvgIpc) is 2.81. The highest BCUT2D eigenvalue weighted by Crippen LogP contribution is 2.50. The molecule has 0 saturated carbocycles. The largest absolute Gasteiger partial charge is 0.465 e. The van der Waals surface area contributed by atoms with Gasteiger partial charge in [-0.15, -0.1) is 0 Å². The van der Waals surface area contributed by atoms with Gasteiger partial charge in [0.15, 0.2) is 0 Å². The monoisotopic (exact) mass is 363 g/mol. The molecule has 100 valence electrons. The minimum atomic E-state index is -0.867. The molecule has 1 aliphatic rings. The van der Waals surface area contributed by atoms with Crippen LogP contribution in [0.2, 0.25) is 0 Å². The van der Waals surface area contributed by atoms with Gasteiger partial charge in [-0.3, -0.25) is 4.90 Å². The second kappa shape index (κ2) is 4.40. The van der Waals surface area contributed by atoms with Gasteiger partial charge in [-0.2, -0.15) is 0 Å². The molecule has 2 N–H and O–H groups in total. The smallest absolute Gasteiger partial charge is 0.408 e. The molecular formula is C12H18IN3O2. The second-order valence-corrected chi connectivity index (χ2v) is 6.89. The van der Waals surface area contributed by atoms with Crippen molar-refractivity contribution in [3.05, 3.63) is 15.7 Å². The summed E-state index contributed by atoms with van der Waals surface area (Å²) in [5.41, 5.74) is -0.759. The summed E-state index contributed by atoms with van der Waals surface area (Å²) < 4.78 is 0.934. The standard InChI is InChI=1S/C12H18IN3O2/c1-11(2,3)12(9-14-7-8(13)15-9)5-4-6-16(12)10(17)18/h7H,4-6H2,1-3H3,(H,14,15)(H,17,18)/t12-/m1/s1. The van der Waals surface area contributed by atoms with Gasteiger partial charge in [0.25, 0.3) is 0 Å². The van der Waals surface area contributed by atoms with Crippen LogP contribution >= 0.6 is 22.6 Å². The van der Waals surface area contributed by atoms with Crippen molar-refractivity contribution in [2.45, 2.75) is 39.2 Å². The van der Waals surface area contributed by atoms with Crippen LogP contribution in [0, 0.1) is 9.12 Å². The molecule has 1 amide bonds. The van der Waals surface area contributed by atoms with E-state index in [2.05, 4.69) is 53.3 Å². The molecule has 0 bridgehead atoms. The van der Waals surface area contributed by atoms with Crippen LogP contribution in [0.15, 0.2) is 6.20 Å². The number of H-pyrrole nitrogens is 1. The quantitative estimate of drug-likeness (QED) is 0.754. The first kappa shape index (κ1) is 13.6. The number of rotatable bonds is 1. The number of carbonyl (C=O) groups is 1. The zero-order chi connectivity index (χ0) is 13.6. The van der Waals surface area contributed by atoms with E-state index in [4.69, 9.17) is 0 Å². The Hall–Kier alpha value is -0.790. The lowest BCUT2D eigenvalue weighted by atomic mass is 9.71. The SMILES string of the molecule is CC(C)(C)[C@]1(c2ncc(I)[nH]2)CCCN1C(=O)O. The van der Waals surface area contributed by atoms with Crippen molar-refractivity contribution in [1.82, 2.24) is 14.9 Å². The molecule has 2 heterocycles. The van der Waals surface area contributed by atoms with Crippen molar-refractivity contribution < 1.29 is 9.90 Å². The minimum Gasteiger partial charge on any atom is -0.465 e. The number of aromatic amines is 1. The normalized spacial score (nSPS) is 24.6. The zero-order valence-corrected chi connectivity index (χ0v) is 13.0.